The van der Waals surface area contributed by atoms with Crippen LogP contribution in [0.3, 0.4) is 0 Å². The van der Waals surface area contributed by atoms with Crippen molar-refractivity contribution >= 4 is 35.8 Å². The fraction of sp³-hybridized carbons (Fsp3) is 0.579. The normalized spacial score (nSPS) is 16.4. The number of rotatable bonds is 10. The van der Waals surface area contributed by atoms with Gasteiger partial charge in [0.25, 0.3) is 0 Å². The molecule has 1 aromatic rings. The molecule has 1 saturated heterocycles. The molecular weight excluding hydrogens is 478 g/mol. The summed E-state index contributed by atoms with van der Waals surface area (Å²) >= 11 is 0. The summed E-state index contributed by atoms with van der Waals surface area (Å²) in [6.45, 7) is 3.97. The number of aliphatic imine (C=N–C) groups is 1. The highest BCUT2D eigenvalue weighted by molar-refractivity contribution is 14.0. The van der Waals surface area contributed by atoms with E-state index in [4.69, 9.17) is 9.47 Å². The summed E-state index contributed by atoms with van der Waals surface area (Å²) in [5.41, 5.74) is 0.783. The van der Waals surface area contributed by atoms with Crippen molar-refractivity contribution in [3.63, 3.8) is 0 Å². The molecule has 28 heavy (non-hydrogen) atoms. The standard InChI is InChI=1S/C19H29FN4O3.HI/c1-21-19(23-8-2-11-27-17-7-12-26-14-17)24-10-9-22-18(25)13-15-3-5-16(20)6-4-15;/h3-6,17H,2,7-14H2,1H3,(H,22,25)(H2,21,23,24);1H. The molecule has 0 bridgehead atoms. The SMILES string of the molecule is CN=C(NCCCOC1CCOC1)NCCNC(=O)Cc1ccc(F)cc1.I. The molecular formula is C19H30FIN4O3. The molecule has 2 rings (SSSR count). The Hall–Kier alpha value is -1.46. The van der Waals surface area contributed by atoms with Gasteiger partial charge in [0.15, 0.2) is 5.96 Å². The average Bonchev–Trinajstić information content (AvgIpc) is 3.18. The van der Waals surface area contributed by atoms with E-state index in [1.807, 2.05) is 0 Å². The first-order chi connectivity index (χ1) is 13.2. The van der Waals surface area contributed by atoms with Crippen molar-refractivity contribution < 1.29 is 18.7 Å². The van der Waals surface area contributed by atoms with Gasteiger partial charge in [-0.05, 0) is 30.5 Å². The maximum Gasteiger partial charge on any atom is 0.224 e. The topological polar surface area (TPSA) is 84.0 Å². The minimum atomic E-state index is -0.304. The monoisotopic (exact) mass is 508 g/mol. The van der Waals surface area contributed by atoms with Crippen molar-refractivity contribution in [3.05, 3.63) is 35.6 Å². The Morgan fingerprint density at radius 1 is 1.21 bits per heavy atom. The number of hydrogen-bond acceptors (Lipinski definition) is 4. The predicted molar refractivity (Wildman–Crippen MR) is 118 cm³/mol. The first-order valence-corrected chi connectivity index (χ1v) is 9.32. The van der Waals surface area contributed by atoms with Crippen LogP contribution in [-0.2, 0) is 20.7 Å². The molecule has 1 aliphatic rings. The van der Waals surface area contributed by atoms with Crippen molar-refractivity contribution in [3.8, 4) is 0 Å². The number of halogens is 2. The summed E-state index contributed by atoms with van der Waals surface area (Å²) in [6, 6.07) is 5.93. The minimum absolute atomic E-state index is 0. The van der Waals surface area contributed by atoms with Crippen molar-refractivity contribution in [2.75, 3.05) is 46.5 Å². The number of carbonyl (C=O) groups is 1. The van der Waals surface area contributed by atoms with E-state index in [1.54, 1.807) is 19.2 Å². The zero-order valence-corrected chi connectivity index (χ0v) is 18.5. The van der Waals surface area contributed by atoms with Gasteiger partial charge in [0.1, 0.15) is 5.82 Å². The number of benzene rings is 1. The lowest BCUT2D eigenvalue weighted by Gasteiger charge is -2.13. The molecule has 1 unspecified atom stereocenters. The van der Waals surface area contributed by atoms with E-state index in [2.05, 4.69) is 20.9 Å². The molecule has 1 heterocycles. The molecule has 1 aliphatic heterocycles. The Morgan fingerprint density at radius 2 is 1.93 bits per heavy atom. The van der Waals surface area contributed by atoms with Crippen LogP contribution >= 0.6 is 24.0 Å². The Balaban J connectivity index is 0.00000392. The van der Waals surface area contributed by atoms with Crippen LogP contribution in [0, 0.1) is 5.82 Å². The van der Waals surface area contributed by atoms with Gasteiger partial charge in [-0.25, -0.2) is 4.39 Å². The highest BCUT2D eigenvalue weighted by atomic mass is 127. The van der Waals surface area contributed by atoms with Gasteiger partial charge in [-0.2, -0.15) is 0 Å². The third kappa shape index (κ3) is 10.2. The summed E-state index contributed by atoms with van der Waals surface area (Å²) in [4.78, 5) is 16.0. The number of ether oxygens (including phenoxy) is 2. The second kappa shape index (κ2) is 14.5. The van der Waals surface area contributed by atoms with Gasteiger partial charge in [-0.3, -0.25) is 9.79 Å². The third-order valence-electron chi connectivity index (χ3n) is 4.10. The summed E-state index contributed by atoms with van der Waals surface area (Å²) in [7, 11) is 1.70. The van der Waals surface area contributed by atoms with E-state index in [0.717, 1.165) is 31.6 Å². The molecule has 1 fully saturated rings. The lowest BCUT2D eigenvalue weighted by molar-refractivity contribution is -0.120. The fourth-order valence-corrected chi connectivity index (χ4v) is 2.63. The highest BCUT2D eigenvalue weighted by Crippen LogP contribution is 2.07. The minimum Gasteiger partial charge on any atom is -0.379 e. The van der Waals surface area contributed by atoms with Gasteiger partial charge < -0.3 is 25.4 Å². The number of carbonyl (C=O) groups excluding carboxylic acids is 1. The van der Waals surface area contributed by atoms with Crippen LogP contribution in [-0.4, -0.2) is 64.5 Å². The van der Waals surface area contributed by atoms with Crippen molar-refractivity contribution in [2.24, 2.45) is 4.99 Å². The molecule has 0 spiro atoms. The van der Waals surface area contributed by atoms with Crippen LogP contribution in [0.15, 0.2) is 29.3 Å². The van der Waals surface area contributed by atoms with E-state index in [0.29, 0.717) is 32.3 Å². The molecule has 0 saturated carbocycles. The maximum atomic E-state index is 12.8. The molecule has 0 radical (unpaired) electrons. The van der Waals surface area contributed by atoms with Crippen LogP contribution in [0.1, 0.15) is 18.4 Å². The quantitative estimate of drug-likeness (QED) is 0.193. The largest absolute Gasteiger partial charge is 0.379 e. The van der Waals surface area contributed by atoms with Crippen LogP contribution in [0.5, 0.6) is 0 Å². The Bertz CT molecular complexity index is 595. The first-order valence-electron chi connectivity index (χ1n) is 9.32. The predicted octanol–water partition coefficient (Wildman–Crippen LogP) is 1.46. The molecule has 7 nitrogen and oxygen atoms in total. The third-order valence-corrected chi connectivity index (χ3v) is 4.10. The van der Waals surface area contributed by atoms with Gasteiger partial charge in [-0.15, -0.1) is 24.0 Å². The average molecular weight is 508 g/mol. The second-order valence-corrected chi connectivity index (χ2v) is 6.29. The van der Waals surface area contributed by atoms with E-state index < -0.39 is 0 Å². The maximum absolute atomic E-state index is 12.8. The van der Waals surface area contributed by atoms with Crippen molar-refractivity contribution in [1.29, 1.82) is 0 Å². The van der Waals surface area contributed by atoms with Gasteiger partial charge in [0.2, 0.25) is 5.91 Å². The van der Waals surface area contributed by atoms with Crippen LogP contribution in [0.2, 0.25) is 0 Å². The number of guanidine groups is 1. The summed E-state index contributed by atoms with van der Waals surface area (Å²) in [5, 5.41) is 9.17. The lowest BCUT2D eigenvalue weighted by atomic mass is 10.1. The fourth-order valence-electron chi connectivity index (χ4n) is 2.63. The van der Waals surface area contributed by atoms with E-state index in [-0.39, 0.29) is 48.2 Å². The molecule has 9 heteroatoms. The summed E-state index contributed by atoms with van der Waals surface area (Å²) < 4.78 is 23.8. The van der Waals surface area contributed by atoms with Crippen LogP contribution in [0.25, 0.3) is 0 Å². The highest BCUT2D eigenvalue weighted by Gasteiger charge is 2.15. The molecule has 1 aromatic carbocycles. The van der Waals surface area contributed by atoms with Crippen molar-refractivity contribution in [1.82, 2.24) is 16.0 Å². The molecule has 3 N–H and O–H groups in total. The first kappa shape index (κ1) is 24.6. The van der Waals surface area contributed by atoms with Crippen LogP contribution < -0.4 is 16.0 Å². The molecule has 1 atom stereocenters. The summed E-state index contributed by atoms with van der Waals surface area (Å²) in [6.07, 6.45) is 2.33. The Labute approximate surface area is 182 Å². The number of nitrogens with zero attached hydrogens (tertiary/aromatic N) is 1. The number of amides is 1. The van der Waals surface area contributed by atoms with Gasteiger partial charge in [0, 0.05) is 39.9 Å². The number of hydrogen-bond donors (Lipinski definition) is 3. The van der Waals surface area contributed by atoms with E-state index in [1.165, 1.54) is 12.1 Å². The van der Waals surface area contributed by atoms with Gasteiger partial charge >= 0.3 is 0 Å². The smallest absolute Gasteiger partial charge is 0.224 e. The molecule has 0 aromatic heterocycles. The van der Waals surface area contributed by atoms with E-state index >= 15 is 0 Å². The number of nitrogens with one attached hydrogen (secondary N) is 3. The lowest BCUT2D eigenvalue weighted by Crippen LogP contribution is -2.42. The van der Waals surface area contributed by atoms with Crippen LogP contribution in [0.4, 0.5) is 4.39 Å². The molecule has 0 aliphatic carbocycles. The Kier molecular flexibility index (Phi) is 12.8. The Morgan fingerprint density at radius 3 is 2.61 bits per heavy atom. The zero-order chi connectivity index (χ0) is 19.3. The summed E-state index contributed by atoms with van der Waals surface area (Å²) in [5.74, 6) is 0.285. The van der Waals surface area contributed by atoms with Gasteiger partial charge in [0.05, 0.1) is 19.1 Å². The second-order valence-electron chi connectivity index (χ2n) is 6.29. The zero-order valence-electron chi connectivity index (χ0n) is 16.2. The van der Waals surface area contributed by atoms with Crippen molar-refractivity contribution in [2.45, 2.75) is 25.4 Å². The van der Waals surface area contributed by atoms with E-state index in [9.17, 15) is 9.18 Å². The molecule has 1 amide bonds. The van der Waals surface area contributed by atoms with Gasteiger partial charge in [-0.1, -0.05) is 12.1 Å². The molecule has 158 valence electrons.